The Kier molecular flexibility index (Phi) is 5.48. The molecule has 7 heteroatoms. The molecule has 0 bridgehead atoms. The lowest BCUT2D eigenvalue weighted by Gasteiger charge is -2.20. The van der Waals surface area contributed by atoms with Gasteiger partial charge >= 0.3 is 11.8 Å². The highest BCUT2D eigenvalue weighted by Gasteiger charge is 2.17. The molecule has 0 atom stereocenters. The van der Waals surface area contributed by atoms with Crippen molar-refractivity contribution in [2.75, 3.05) is 32.6 Å². The van der Waals surface area contributed by atoms with Crippen molar-refractivity contribution in [2.45, 2.75) is 12.8 Å². The van der Waals surface area contributed by atoms with E-state index in [1.807, 2.05) is 0 Å². The number of hydrogen-bond acceptors (Lipinski definition) is 4. The second kappa shape index (κ2) is 7.56. The standard InChI is InChI=1S/C15H20N4O3/c1-19-9-7-11(8-10-19)17-18-15(21)14(20)16-12-5-3-4-6-13(12)22-2/h3-6H,7-10H2,1-2H3,(H,16,20)(H,18,21)/p+1. The van der Waals surface area contributed by atoms with Crippen molar-refractivity contribution in [2.24, 2.45) is 5.10 Å². The van der Waals surface area contributed by atoms with Gasteiger partial charge in [-0.05, 0) is 12.1 Å². The third-order valence-corrected chi connectivity index (χ3v) is 3.56. The highest BCUT2D eigenvalue weighted by atomic mass is 16.5. The number of quaternary nitrogens is 1. The Morgan fingerprint density at radius 1 is 1.18 bits per heavy atom. The van der Waals surface area contributed by atoms with Gasteiger partial charge in [0.05, 0.1) is 32.9 Å². The number of nitrogens with one attached hydrogen (secondary N) is 3. The van der Waals surface area contributed by atoms with E-state index in [9.17, 15) is 9.59 Å². The van der Waals surface area contributed by atoms with E-state index < -0.39 is 11.8 Å². The minimum absolute atomic E-state index is 0.445. The van der Waals surface area contributed by atoms with Crippen molar-refractivity contribution < 1.29 is 19.2 Å². The summed E-state index contributed by atoms with van der Waals surface area (Å²) in [5.41, 5.74) is 3.68. The Hall–Kier alpha value is -2.41. The zero-order valence-electron chi connectivity index (χ0n) is 12.8. The second-order valence-electron chi connectivity index (χ2n) is 5.23. The summed E-state index contributed by atoms with van der Waals surface area (Å²) in [6.45, 7) is 1.98. The molecule has 0 aromatic heterocycles. The summed E-state index contributed by atoms with van der Waals surface area (Å²) >= 11 is 0. The number of hydrogen-bond donors (Lipinski definition) is 3. The predicted octanol–water partition coefficient (Wildman–Crippen LogP) is -0.586. The fourth-order valence-corrected chi connectivity index (χ4v) is 2.18. The number of piperidine rings is 1. The van der Waals surface area contributed by atoms with Gasteiger partial charge in [0.25, 0.3) is 0 Å². The molecule has 2 amide bonds. The van der Waals surface area contributed by atoms with E-state index >= 15 is 0 Å². The largest absolute Gasteiger partial charge is 0.495 e. The van der Waals surface area contributed by atoms with E-state index in [0.717, 1.165) is 31.6 Å². The molecule has 1 fully saturated rings. The predicted molar refractivity (Wildman–Crippen MR) is 83.1 cm³/mol. The number of rotatable bonds is 3. The molecule has 1 aliphatic rings. The van der Waals surface area contributed by atoms with E-state index in [1.54, 1.807) is 24.3 Å². The normalized spacial score (nSPS) is 17.5. The van der Waals surface area contributed by atoms with Crippen LogP contribution in [0.1, 0.15) is 12.8 Å². The average molecular weight is 305 g/mol. The molecule has 118 valence electrons. The van der Waals surface area contributed by atoms with E-state index in [0.29, 0.717) is 11.4 Å². The van der Waals surface area contributed by atoms with Crippen LogP contribution in [0.15, 0.2) is 29.4 Å². The Bertz CT molecular complexity index is 576. The molecule has 7 nitrogen and oxygen atoms in total. The number of ether oxygens (including phenoxy) is 1. The summed E-state index contributed by atoms with van der Waals surface area (Å²) in [6, 6.07) is 6.89. The maximum atomic E-state index is 11.9. The van der Waals surface area contributed by atoms with E-state index in [2.05, 4.69) is 22.9 Å². The second-order valence-corrected chi connectivity index (χ2v) is 5.23. The summed E-state index contributed by atoms with van der Waals surface area (Å²) < 4.78 is 5.11. The van der Waals surface area contributed by atoms with Gasteiger partial charge in [0.1, 0.15) is 5.75 Å². The molecule has 1 aliphatic heterocycles. The number of amides is 2. The monoisotopic (exact) mass is 305 g/mol. The Balaban J connectivity index is 1.90. The van der Waals surface area contributed by atoms with Crippen molar-refractivity contribution in [3.63, 3.8) is 0 Å². The number of benzene rings is 1. The molecule has 0 aliphatic carbocycles. The fraction of sp³-hybridized carbons (Fsp3) is 0.400. The molecule has 0 radical (unpaired) electrons. The van der Waals surface area contributed by atoms with Gasteiger partial charge in [-0.25, -0.2) is 5.43 Å². The van der Waals surface area contributed by atoms with Crippen molar-refractivity contribution in [1.29, 1.82) is 0 Å². The lowest BCUT2D eigenvalue weighted by atomic mass is 10.1. The quantitative estimate of drug-likeness (QED) is 0.516. The zero-order valence-corrected chi connectivity index (χ0v) is 12.8. The average Bonchev–Trinajstić information content (AvgIpc) is 2.54. The maximum absolute atomic E-state index is 11.9. The minimum Gasteiger partial charge on any atom is -0.495 e. The number of likely N-dealkylation sites (tertiary alicyclic amines) is 1. The van der Waals surface area contributed by atoms with Gasteiger partial charge in [-0.3, -0.25) is 9.59 Å². The highest BCUT2D eigenvalue weighted by Crippen LogP contribution is 2.22. The molecule has 1 saturated heterocycles. The van der Waals surface area contributed by atoms with Gasteiger partial charge in [-0.1, -0.05) is 12.1 Å². The Morgan fingerprint density at radius 2 is 1.86 bits per heavy atom. The molecule has 0 spiro atoms. The molecule has 2 rings (SSSR count). The van der Waals surface area contributed by atoms with Crippen LogP contribution in [0.4, 0.5) is 5.69 Å². The summed E-state index contributed by atoms with van der Waals surface area (Å²) in [7, 11) is 3.62. The smallest absolute Gasteiger partial charge is 0.329 e. The van der Waals surface area contributed by atoms with Crippen LogP contribution in [-0.4, -0.2) is 44.8 Å². The van der Waals surface area contributed by atoms with Crippen LogP contribution < -0.4 is 20.4 Å². The molecular weight excluding hydrogens is 284 g/mol. The van der Waals surface area contributed by atoms with Gasteiger partial charge in [-0.2, -0.15) is 5.10 Å². The first kappa shape index (κ1) is 16.0. The highest BCUT2D eigenvalue weighted by molar-refractivity contribution is 6.39. The van der Waals surface area contributed by atoms with E-state index in [4.69, 9.17) is 4.74 Å². The minimum atomic E-state index is -0.787. The van der Waals surface area contributed by atoms with Crippen molar-refractivity contribution in [3.05, 3.63) is 24.3 Å². The van der Waals surface area contributed by atoms with Gasteiger partial charge in [0, 0.05) is 18.6 Å². The number of anilines is 1. The first-order valence-electron chi connectivity index (χ1n) is 7.21. The summed E-state index contributed by atoms with van der Waals surface area (Å²) in [5, 5.41) is 6.54. The molecule has 3 N–H and O–H groups in total. The number of methoxy groups -OCH3 is 1. The Labute approximate surface area is 129 Å². The van der Waals surface area contributed by atoms with Gasteiger partial charge in [0.2, 0.25) is 0 Å². The molecule has 1 aromatic carbocycles. The lowest BCUT2D eigenvalue weighted by molar-refractivity contribution is -0.880. The van der Waals surface area contributed by atoms with Gasteiger partial charge in [-0.15, -0.1) is 0 Å². The number of nitrogens with zero attached hydrogens (tertiary/aromatic N) is 1. The third kappa shape index (κ3) is 4.29. The van der Waals surface area contributed by atoms with Crippen LogP contribution in [0.5, 0.6) is 5.75 Å². The Morgan fingerprint density at radius 3 is 2.55 bits per heavy atom. The van der Waals surface area contributed by atoms with Crippen LogP contribution in [0.3, 0.4) is 0 Å². The SMILES string of the molecule is COc1ccccc1NC(=O)C(=O)NN=C1CC[NH+](C)CC1. The third-order valence-electron chi connectivity index (χ3n) is 3.56. The van der Waals surface area contributed by atoms with Crippen LogP contribution in [-0.2, 0) is 9.59 Å². The molecular formula is C15H21N4O3+. The number of hydrazone groups is 1. The van der Waals surface area contributed by atoms with Crippen molar-refractivity contribution in [1.82, 2.24) is 5.43 Å². The summed E-state index contributed by atoms with van der Waals surface area (Å²) in [5.74, 6) is -1.06. The first-order chi connectivity index (χ1) is 10.6. The maximum Gasteiger partial charge on any atom is 0.329 e. The van der Waals surface area contributed by atoms with E-state index in [-0.39, 0.29) is 0 Å². The molecule has 0 saturated carbocycles. The first-order valence-corrected chi connectivity index (χ1v) is 7.21. The molecule has 1 heterocycles. The molecule has 0 unspecified atom stereocenters. The van der Waals surface area contributed by atoms with Crippen LogP contribution in [0, 0.1) is 0 Å². The van der Waals surface area contributed by atoms with Crippen LogP contribution in [0.25, 0.3) is 0 Å². The van der Waals surface area contributed by atoms with Crippen molar-refractivity contribution >= 4 is 23.2 Å². The van der Waals surface area contributed by atoms with Gasteiger partial charge < -0.3 is 15.0 Å². The molecule has 22 heavy (non-hydrogen) atoms. The van der Waals surface area contributed by atoms with Crippen LogP contribution in [0.2, 0.25) is 0 Å². The van der Waals surface area contributed by atoms with E-state index in [1.165, 1.54) is 12.0 Å². The van der Waals surface area contributed by atoms with Crippen molar-refractivity contribution in [3.8, 4) is 5.75 Å². The number of para-hydroxylation sites is 2. The topological polar surface area (TPSA) is 84.2 Å². The molecule has 1 aromatic rings. The summed E-state index contributed by atoms with van der Waals surface area (Å²) in [4.78, 5) is 25.1. The number of carbonyl (C=O) groups is 2. The zero-order chi connectivity index (χ0) is 15.9. The lowest BCUT2D eigenvalue weighted by Crippen LogP contribution is -3.10. The number of carbonyl (C=O) groups excluding carboxylic acids is 2. The van der Waals surface area contributed by atoms with Crippen LogP contribution >= 0.6 is 0 Å². The van der Waals surface area contributed by atoms with Gasteiger partial charge in [0.15, 0.2) is 0 Å². The summed E-state index contributed by atoms with van der Waals surface area (Å²) in [6.07, 6.45) is 1.67. The fourth-order valence-electron chi connectivity index (χ4n) is 2.18.